The van der Waals surface area contributed by atoms with Crippen LogP contribution in [0.25, 0.3) is 75.4 Å². The lowest BCUT2D eigenvalue weighted by Crippen LogP contribution is -2.10. The molecule has 2 heterocycles. The van der Waals surface area contributed by atoms with Crippen LogP contribution >= 0.6 is 11.3 Å². The second-order valence-electron chi connectivity index (χ2n) is 12.4. The summed E-state index contributed by atoms with van der Waals surface area (Å²) in [6.07, 6.45) is 0. The maximum atomic E-state index is 6.64. The van der Waals surface area contributed by atoms with Crippen molar-refractivity contribution in [3.05, 3.63) is 170 Å². The predicted octanol–water partition coefficient (Wildman–Crippen LogP) is 13.3. The van der Waals surface area contributed by atoms with Crippen LogP contribution in [0.15, 0.2) is 174 Å². The van der Waals surface area contributed by atoms with Crippen molar-refractivity contribution in [3.8, 4) is 21.7 Å². The molecule has 10 rings (SSSR count). The minimum atomic E-state index is 0.851. The van der Waals surface area contributed by atoms with Gasteiger partial charge in [-0.15, -0.1) is 11.3 Å². The molecule has 0 spiro atoms. The van der Waals surface area contributed by atoms with Crippen LogP contribution in [0.5, 0.6) is 0 Å². The quantitative estimate of drug-likeness (QED) is 0.175. The summed E-state index contributed by atoms with van der Waals surface area (Å²) in [5.74, 6) is 0. The van der Waals surface area contributed by atoms with Gasteiger partial charge in [0.15, 0.2) is 0 Å². The smallest absolute Gasteiger partial charge is 0.137 e. The van der Waals surface area contributed by atoms with Gasteiger partial charge in [-0.05, 0) is 69.8 Å². The Kier molecular flexibility index (Phi) is 6.36. The van der Waals surface area contributed by atoms with Gasteiger partial charge in [0, 0.05) is 39.2 Å². The van der Waals surface area contributed by atoms with E-state index in [1.807, 2.05) is 6.07 Å². The number of fused-ring (bicyclic) bond motifs is 8. The Morgan fingerprint density at radius 1 is 0.469 bits per heavy atom. The first-order valence-corrected chi connectivity index (χ1v) is 17.3. The molecular weight excluding hydrogens is 617 g/mol. The van der Waals surface area contributed by atoms with Crippen molar-refractivity contribution >= 4 is 82.1 Å². The van der Waals surface area contributed by atoms with E-state index in [1.54, 1.807) is 11.3 Å². The van der Waals surface area contributed by atoms with Crippen LogP contribution in [0, 0.1) is 0 Å². The average Bonchev–Trinajstić information content (AvgIpc) is 3.77. The first-order chi connectivity index (χ1) is 24.3. The first-order valence-electron chi connectivity index (χ1n) is 16.5. The third-order valence-electron chi connectivity index (χ3n) is 9.45. The van der Waals surface area contributed by atoms with Crippen LogP contribution in [0.1, 0.15) is 0 Å². The molecule has 0 saturated heterocycles. The second kappa shape index (κ2) is 11.2. The highest BCUT2D eigenvalue weighted by molar-refractivity contribution is 7.22. The number of thiazole rings is 1. The Hall–Kier alpha value is -6.23. The van der Waals surface area contributed by atoms with Crippen molar-refractivity contribution in [1.29, 1.82) is 0 Å². The SMILES string of the molecule is c1ccc(-c2cccc(N(c3ccc4c(c3)oc3ccc5nc(-c6ccccc6)sc5c34)c3cc4ccccc4c4ccccc34)c2)cc1. The Morgan fingerprint density at radius 2 is 1.16 bits per heavy atom. The monoisotopic (exact) mass is 644 g/mol. The van der Waals surface area contributed by atoms with Crippen molar-refractivity contribution in [2.75, 3.05) is 4.90 Å². The molecule has 8 aromatic carbocycles. The lowest BCUT2D eigenvalue weighted by molar-refractivity contribution is 0.669. The third kappa shape index (κ3) is 4.61. The molecule has 0 N–H and O–H groups in total. The number of aromatic nitrogens is 1. The van der Waals surface area contributed by atoms with Crippen LogP contribution in [0.4, 0.5) is 17.1 Å². The fraction of sp³-hybridized carbons (Fsp3) is 0. The van der Waals surface area contributed by atoms with Crippen LogP contribution < -0.4 is 4.90 Å². The molecule has 0 radical (unpaired) electrons. The molecule has 0 aliphatic rings. The van der Waals surface area contributed by atoms with Gasteiger partial charge in [-0.1, -0.05) is 121 Å². The standard InChI is InChI=1S/C45H28N2OS/c1-3-12-29(13-4-1)31-17-11-18-33(26-31)47(40-27-32-16-7-8-19-35(32)36-20-9-10-21-37(36)40)34-22-23-38-42(28-34)48-41-25-24-39-44(43(38)41)49-45(46-39)30-14-5-2-6-15-30/h1-28H. The molecule has 0 saturated carbocycles. The number of hydrogen-bond donors (Lipinski definition) is 0. The number of rotatable bonds is 5. The topological polar surface area (TPSA) is 29.3 Å². The number of anilines is 3. The van der Waals surface area contributed by atoms with Gasteiger partial charge in [0.1, 0.15) is 16.2 Å². The number of nitrogens with zero attached hydrogens (tertiary/aromatic N) is 2. The highest BCUT2D eigenvalue weighted by Crippen LogP contribution is 2.45. The largest absolute Gasteiger partial charge is 0.456 e. The van der Waals surface area contributed by atoms with Gasteiger partial charge in [0.25, 0.3) is 0 Å². The molecule has 2 aromatic heterocycles. The van der Waals surface area contributed by atoms with Gasteiger partial charge < -0.3 is 9.32 Å². The summed E-state index contributed by atoms with van der Waals surface area (Å²) >= 11 is 1.72. The molecule has 49 heavy (non-hydrogen) atoms. The number of hydrogen-bond acceptors (Lipinski definition) is 4. The zero-order valence-corrected chi connectivity index (χ0v) is 27.2. The van der Waals surface area contributed by atoms with Crippen molar-refractivity contribution in [3.63, 3.8) is 0 Å². The minimum absolute atomic E-state index is 0.851. The molecule has 4 heteroatoms. The highest BCUT2D eigenvalue weighted by atomic mass is 32.1. The summed E-state index contributed by atoms with van der Waals surface area (Å²) in [5, 5.41) is 8.09. The first kappa shape index (κ1) is 27.8. The van der Waals surface area contributed by atoms with Gasteiger partial charge in [-0.25, -0.2) is 4.98 Å². The zero-order valence-electron chi connectivity index (χ0n) is 26.4. The van der Waals surface area contributed by atoms with E-state index in [2.05, 4.69) is 169 Å². The summed E-state index contributed by atoms with van der Waals surface area (Å²) in [6.45, 7) is 0. The Labute approximate surface area is 286 Å². The van der Waals surface area contributed by atoms with Gasteiger partial charge in [0.05, 0.1) is 15.9 Å². The summed E-state index contributed by atoms with van der Waals surface area (Å²) in [6, 6.07) is 60.3. The fourth-order valence-corrected chi connectivity index (χ4v) is 8.30. The van der Waals surface area contributed by atoms with E-state index in [-0.39, 0.29) is 0 Å². The van der Waals surface area contributed by atoms with Crippen LogP contribution in [0.3, 0.4) is 0 Å². The molecule has 10 aromatic rings. The Bertz CT molecular complexity index is 2840. The molecule has 0 unspecified atom stereocenters. The molecule has 0 bridgehead atoms. The normalized spacial score (nSPS) is 11.7. The van der Waals surface area contributed by atoms with E-state index in [4.69, 9.17) is 9.40 Å². The van der Waals surface area contributed by atoms with E-state index in [1.165, 1.54) is 32.7 Å². The van der Waals surface area contributed by atoms with Gasteiger partial charge in [-0.2, -0.15) is 0 Å². The van der Waals surface area contributed by atoms with E-state index in [0.29, 0.717) is 0 Å². The average molecular weight is 645 g/mol. The molecule has 0 fully saturated rings. The van der Waals surface area contributed by atoms with Crippen molar-refractivity contribution in [1.82, 2.24) is 4.98 Å². The van der Waals surface area contributed by atoms with E-state index >= 15 is 0 Å². The molecule has 0 amide bonds. The molecule has 230 valence electrons. The molecular formula is C45H28N2OS. The van der Waals surface area contributed by atoms with Crippen LogP contribution in [-0.4, -0.2) is 4.98 Å². The number of benzene rings is 8. The second-order valence-corrected chi connectivity index (χ2v) is 13.4. The van der Waals surface area contributed by atoms with E-state index in [0.717, 1.165) is 59.8 Å². The minimum Gasteiger partial charge on any atom is -0.456 e. The third-order valence-corrected chi connectivity index (χ3v) is 10.6. The van der Waals surface area contributed by atoms with Crippen LogP contribution in [-0.2, 0) is 0 Å². The summed E-state index contributed by atoms with van der Waals surface area (Å²) in [5.41, 5.74) is 9.42. The number of furan rings is 1. The fourth-order valence-electron chi connectivity index (χ4n) is 7.18. The maximum absolute atomic E-state index is 6.64. The zero-order chi connectivity index (χ0) is 32.3. The van der Waals surface area contributed by atoms with Crippen molar-refractivity contribution < 1.29 is 4.42 Å². The van der Waals surface area contributed by atoms with Crippen molar-refractivity contribution in [2.24, 2.45) is 0 Å². The maximum Gasteiger partial charge on any atom is 0.137 e. The van der Waals surface area contributed by atoms with Crippen molar-refractivity contribution in [2.45, 2.75) is 0 Å². The predicted molar refractivity (Wildman–Crippen MR) is 207 cm³/mol. The van der Waals surface area contributed by atoms with E-state index < -0.39 is 0 Å². The molecule has 0 atom stereocenters. The van der Waals surface area contributed by atoms with Gasteiger partial charge in [0.2, 0.25) is 0 Å². The van der Waals surface area contributed by atoms with Crippen LogP contribution in [0.2, 0.25) is 0 Å². The summed E-state index contributed by atoms with van der Waals surface area (Å²) in [4.78, 5) is 7.38. The Morgan fingerprint density at radius 3 is 2.00 bits per heavy atom. The molecule has 0 aliphatic heterocycles. The Balaban J connectivity index is 1.21. The molecule has 0 aliphatic carbocycles. The highest BCUT2D eigenvalue weighted by Gasteiger charge is 2.21. The van der Waals surface area contributed by atoms with Gasteiger partial charge in [-0.3, -0.25) is 0 Å². The van der Waals surface area contributed by atoms with E-state index in [9.17, 15) is 0 Å². The molecule has 3 nitrogen and oxygen atoms in total. The lowest BCUT2D eigenvalue weighted by Gasteiger charge is -2.28. The lowest BCUT2D eigenvalue weighted by atomic mass is 9.98. The summed E-state index contributed by atoms with van der Waals surface area (Å²) < 4.78 is 7.79. The summed E-state index contributed by atoms with van der Waals surface area (Å²) in [7, 11) is 0. The van der Waals surface area contributed by atoms with Gasteiger partial charge >= 0.3 is 0 Å².